The molecule has 3 aromatic rings. The minimum atomic E-state index is -0.0800. The Morgan fingerprint density at radius 3 is 2.50 bits per heavy atom. The van der Waals surface area contributed by atoms with Gasteiger partial charge in [0.25, 0.3) is 0 Å². The van der Waals surface area contributed by atoms with Crippen LogP contribution < -0.4 is 10.1 Å². The van der Waals surface area contributed by atoms with Gasteiger partial charge in [-0.15, -0.1) is 15.3 Å². The van der Waals surface area contributed by atoms with Crippen LogP contribution in [0.5, 0.6) is 5.88 Å². The number of benzene rings is 1. The monoisotopic (exact) mass is 400 g/mol. The van der Waals surface area contributed by atoms with Gasteiger partial charge in [-0.1, -0.05) is 29.5 Å². The molecule has 0 atom stereocenters. The topological polar surface area (TPSA) is 86.9 Å². The van der Waals surface area contributed by atoms with E-state index in [-0.39, 0.29) is 11.7 Å². The summed E-state index contributed by atoms with van der Waals surface area (Å²) in [4.78, 5) is 12.4. The number of methoxy groups -OCH3 is 1. The number of aryl methyl sites for hydroxylation is 4. The van der Waals surface area contributed by atoms with Gasteiger partial charge in [-0.3, -0.25) is 9.48 Å². The highest BCUT2D eigenvalue weighted by Crippen LogP contribution is 2.29. The maximum absolute atomic E-state index is 12.4. The molecule has 8 nitrogen and oxygen atoms in total. The normalized spacial score (nSPS) is 10.9. The first-order valence-corrected chi connectivity index (χ1v) is 9.76. The summed E-state index contributed by atoms with van der Waals surface area (Å²) in [5, 5.41) is 16.3. The summed E-state index contributed by atoms with van der Waals surface area (Å²) in [6.07, 6.45) is 1.83. The third kappa shape index (κ3) is 4.04. The van der Waals surface area contributed by atoms with E-state index in [0.717, 1.165) is 22.4 Å². The SMILES string of the molecule is COc1nn(C)cc1-c1nnc(SCC(=O)Nc2c(C)cc(C)cc2C)n1C. The van der Waals surface area contributed by atoms with E-state index < -0.39 is 0 Å². The molecular weight excluding hydrogens is 376 g/mol. The van der Waals surface area contributed by atoms with Gasteiger partial charge in [-0.05, 0) is 31.9 Å². The van der Waals surface area contributed by atoms with Gasteiger partial charge in [-0.2, -0.15) is 0 Å². The first kappa shape index (κ1) is 19.9. The molecule has 1 N–H and O–H groups in total. The van der Waals surface area contributed by atoms with Crippen molar-refractivity contribution in [3.05, 3.63) is 35.0 Å². The molecular formula is C19H24N6O2S. The zero-order valence-electron chi connectivity index (χ0n) is 16.9. The van der Waals surface area contributed by atoms with Gasteiger partial charge in [0, 0.05) is 26.0 Å². The summed E-state index contributed by atoms with van der Waals surface area (Å²) in [6, 6.07) is 4.12. The van der Waals surface area contributed by atoms with Gasteiger partial charge in [0.05, 0.1) is 12.9 Å². The lowest BCUT2D eigenvalue weighted by Gasteiger charge is -2.12. The molecule has 9 heteroatoms. The van der Waals surface area contributed by atoms with Crippen LogP contribution in [0.2, 0.25) is 0 Å². The molecule has 1 amide bonds. The predicted molar refractivity (Wildman–Crippen MR) is 110 cm³/mol. The van der Waals surface area contributed by atoms with Crippen LogP contribution in [0.4, 0.5) is 5.69 Å². The summed E-state index contributed by atoms with van der Waals surface area (Å²) in [6.45, 7) is 6.04. The Bertz CT molecular complexity index is 1000. The largest absolute Gasteiger partial charge is 0.479 e. The molecule has 0 saturated heterocycles. The molecule has 0 unspecified atom stereocenters. The van der Waals surface area contributed by atoms with Crippen molar-refractivity contribution in [3.8, 4) is 17.3 Å². The molecule has 3 rings (SSSR count). The molecule has 0 aliphatic heterocycles. The Morgan fingerprint density at radius 1 is 1.18 bits per heavy atom. The molecule has 2 aromatic heterocycles. The van der Waals surface area contributed by atoms with Gasteiger partial charge in [0.15, 0.2) is 11.0 Å². The first-order chi connectivity index (χ1) is 13.3. The number of nitrogens with one attached hydrogen (secondary N) is 1. The van der Waals surface area contributed by atoms with Crippen LogP contribution in [0.25, 0.3) is 11.4 Å². The van der Waals surface area contributed by atoms with Crippen molar-refractivity contribution in [2.75, 3.05) is 18.2 Å². The van der Waals surface area contributed by atoms with E-state index in [2.05, 4.69) is 32.7 Å². The van der Waals surface area contributed by atoms with Crippen molar-refractivity contribution in [2.24, 2.45) is 14.1 Å². The molecule has 0 fully saturated rings. The van der Waals surface area contributed by atoms with Gasteiger partial charge < -0.3 is 14.6 Å². The number of ether oxygens (including phenoxy) is 1. The van der Waals surface area contributed by atoms with E-state index >= 15 is 0 Å². The van der Waals surface area contributed by atoms with Crippen LogP contribution in [0.1, 0.15) is 16.7 Å². The molecule has 0 bridgehead atoms. The zero-order chi connectivity index (χ0) is 20.4. The number of rotatable bonds is 6. The molecule has 1 aromatic carbocycles. The van der Waals surface area contributed by atoms with Crippen LogP contribution in [0.15, 0.2) is 23.5 Å². The number of anilines is 1. The fraction of sp³-hybridized carbons (Fsp3) is 0.368. The first-order valence-electron chi connectivity index (χ1n) is 8.78. The van der Waals surface area contributed by atoms with Crippen molar-refractivity contribution in [1.29, 1.82) is 0 Å². The van der Waals surface area contributed by atoms with E-state index in [4.69, 9.17) is 4.74 Å². The average Bonchev–Trinajstić information content (AvgIpc) is 3.18. The van der Waals surface area contributed by atoms with Crippen LogP contribution in [-0.2, 0) is 18.9 Å². The van der Waals surface area contributed by atoms with E-state index in [0.29, 0.717) is 16.9 Å². The second-order valence-corrected chi connectivity index (χ2v) is 7.64. The lowest BCUT2D eigenvalue weighted by Crippen LogP contribution is -2.16. The van der Waals surface area contributed by atoms with Crippen molar-refractivity contribution >= 4 is 23.4 Å². The van der Waals surface area contributed by atoms with E-state index in [1.165, 1.54) is 17.3 Å². The average molecular weight is 401 g/mol. The van der Waals surface area contributed by atoms with Gasteiger partial charge >= 0.3 is 0 Å². The Morgan fingerprint density at radius 2 is 1.86 bits per heavy atom. The minimum absolute atomic E-state index is 0.0800. The second-order valence-electron chi connectivity index (χ2n) is 6.70. The number of carbonyl (C=O) groups excluding carboxylic acids is 1. The standard InChI is InChI=1S/C19H24N6O2S/c1-11-7-12(2)16(13(3)8-11)20-15(26)10-28-19-22-21-17(25(19)5)14-9-24(4)23-18(14)27-6/h7-9H,10H2,1-6H3,(H,20,26). The lowest BCUT2D eigenvalue weighted by atomic mass is 10.1. The molecule has 0 aliphatic carbocycles. The Hall–Kier alpha value is -2.81. The van der Waals surface area contributed by atoms with Crippen molar-refractivity contribution < 1.29 is 9.53 Å². The van der Waals surface area contributed by atoms with Crippen LogP contribution in [-0.4, -0.2) is 43.3 Å². The maximum atomic E-state index is 12.4. The van der Waals surface area contributed by atoms with E-state index in [1.54, 1.807) is 11.8 Å². The number of nitrogens with zero attached hydrogens (tertiary/aromatic N) is 5. The smallest absolute Gasteiger partial charge is 0.243 e. The number of hydrogen-bond donors (Lipinski definition) is 1. The zero-order valence-corrected chi connectivity index (χ0v) is 17.7. The van der Waals surface area contributed by atoms with Gasteiger partial charge in [0.2, 0.25) is 11.8 Å². The van der Waals surface area contributed by atoms with Crippen molar-refractivity contribution in [3.63, 3.8) is 0 Å². The van der Waals surface area contributed by atoms with Crippen LogP contribution in [0, 0.1) is 20.8 Å². The predicted octanol–water partition coefficient (Wildman–Crippen LogP) is 2.88. The van der Waals surface area contributed by atoms with Crippen molar-refractivity contribution in [1.82, 2.24) is 24.5 Å². The van der Waals surface area contributed by atoms with E-state index in [1.807, 2.05) is 45.6 Å². The Labute approximate surface area is 168 Å². The summed E-state index contributed by atoms with van der Waals surface area (Å²) < 4.78 is 8.79. The highest BCUT2D eigenvalue weighted by atomic mass is 32.2. The second kappa shape index (κ2) is 8.05. The van der Waals surface area contributed by atoms with E-state index in [9.17, 15) is 4.79 Å². The molecule has 0 saturated carbocycles. The summed E-state index contributed by atoms with van der Waals surface area (Å²) in [5.41, 5.74) is 4.91. The molecule has 28 heavy (non-hydrogen) atoms. The molecule has 0 aliphatic rings. The van der Waals surface area contributed by atoms with Crippen LogP contribution in [0.3, 0.4) is 0 Å². The molecule has 2 heterocycles. The highest BCUT2D eigenvalue weighted by molar-refractivity contribution is 7.99. The summed E-state index contributed by atoms with van der Waals surface area (Å²) in [5.74, 6) is 1.28. The molecule has 0 radical (unpaired) electrons. The molecule has 148 valence electrons. The maximum Gasteiger partial charge on any atom is 0.243 e. The Balaban J connectivity index is 1.70. The number of amides is 1. The number of carbonyl (C=O) groups is 1. The number of thioether (sulfide) groups is 1. The lowest BCUT2D eigenvalue weighted by molar-refractivity contribution is -0.113. The third-order valence-corrected chi connectivity index (χ3v) is 5.36. The molecule has 0 spiro atoms. The highest BCUT2D eigenvalue weighted by Gasteiger charge is 2.19. The number of aromatic nitrogens is 5. The fourth-order valence-electron chi connectivity index (χ4n) is 3.13. The third-order valence-electron chi connectivity index (χ3n) is 4.34. The Kier molecular flexibility index (Phi) is 5.73. The fourth-order valence-corrected chi connectivity index (χ4v) is 3.84. The van der Waals surface area contributed by atoms with Crippen molar-refractivity contribution in [2.45, 2.75) is 25.9 Å². The van der Waals surface area contributed by atoms with Gasteiger partial charge in [0.1, 0.15) is 5.56 Å². The summed E-state index contributed by atoms with van der Waals surface area (Å²) in [7, 11) is 5.24. The summed E-state index contributed by atoms with van der Waals surface area (Å²) >= 11 is 1.33. The minimum Gasteiger partial charge on any atom is -0.479 e. The number of hydrogen-bond acceptors (Lipinski definition) is 6. The quantitative estimate of drug-likeness (QED) is 0.640. The van der Waals surface area contributed by atoms with Crippen LogP contribution >= 0.6 is 11.8 Å². The van der Waals surface area contributed by atoms with Gasteiger partial charge in [-0.25, -0.2) is 0 Å².